The van der Waals surface area contributed by atoms with Crippen molar-refractivity contribution >= 4 is 23.3 Å². The lowest BCUT2D eigenvalue weighted by Crippen LogP contribution is -2.45. The Bertz CT molecular complexity index is 798. The van der Waals surface area contributed by atoms with Crippen LogP contribution in [-0.4, -0.2) is 30.7 Å². The largest absolute Gasteiger partial charge is 0.482 e. The Morgan fingerprint density at radius 1 is 1.28 bits per heavy atom. The minimum Gasteiger partial charge on any atom is -0.482 e. The van der Waals surface area contributed by atoms with Crippen LogP contribution in [0.4, 0.5) is 5.69 Å². The molecule has 130 valence electrons. The Kier molecular flexibility index (Phi) is 4.83. The normalized spacial score (nSPS) is 13.2. The lowest BCUT2D eigenvalue weighted by Gasteiger charge is -2.29. The molecule has 2 aromatic rings. The number of nitrogens with one attached hydrogen (secondary N) is 1. The number of rotatable bonds is 6. The van der Waals surface area contributed by atoms with Crippen LogP contribution in [0.5, 0.6) is 5.75 Å². The van der Waals surface area contributed by atoms with Crippen molar-refractivity contribution in [3.05, 3.63) is 47.9 Å². The number of fused-ring (bicyclic) bond motifs is 1. The third kappa shape index (κ3) is 3.71. The molecule has 0 atom stereocenters. The molecule has 0 bridgehead atoms. The number of amides is 2. The fourth-order valence-electron chi connectivity index (χ4n) is 2.55. The number of furan rings is 1. The Labute approximate surface area is 144 Å². The fraction of sp³-hybridized carbons (Fsp3) is 0.278. The lowest BCUT2D eigenvalue weighted by atomic mass is 10.1. The van der Waals surface area contributed by atoms with Gasteiger partial charge < -0.3 is 14.5 Å². The van der Waals surface area contributed by atoms with E-state index in [0.29, 0.717) is 29.2 Å². The molecule has 0 aliphatic carbocycles. The number of carbonyl (C=O) groups is 3. The number of nitrogens with zero attached hydrogens (tertiary/aromatic N) is 1. The first-order chi connectivity index (χ1) is 12.1. The summed E-state index contributed by atoms with van der Waals surface area (Å²) in [7, 11) is 0. The predicted molar refractivity (Wildman–Crippen MR) is 89.5 cm³/mol. The number of benzene rings is 1. The van der Waals surface area contributed by atoms with E-state index in [0.717, 1.165) is 0 Å². The highest BCUT2D eigenvalue weighted by molar-refractivity contribution is 6.04. The maximum atomic E-state index is 12.2. The minimum absolute atomic E-state index is 0.0388. The van der Waals surface area contributed by atoms with Gasteiger partial charge in [0, 0.05) is 12.0 Å². The molecule has 3 rings (SSSR count). The first kappa shape index (κ1) is 16.8. The zero-order valence-corrected chi connectivity index (χ0v) is 13.8. The summed E-state index contributed by atoms with van der Waals surface area (Å²) in [5, 5.41) is 2.70. The number of anilines is 1. The molecule has 1 aromatic carbocycles. The first-order valence-corrected chi connectivity index (χ1v) is 7.98. The average molecular weight is 342 g/mol. The summed E-state index contributed by atoms with van der Waals surface area (Å²) >= 11 is 0. The molecule has 0 spiro atoms. The summed E-state index contributed by atoms with van der Waals surface area (Å²) in [6.45, 7) is 1.72. The van der Waals surface area contributed by atoms with Crippen molar-refractivity contribution in [2.45, 2.75) is 19.9 Å². The molecule has 2 heterocycles. The van der Waals surface area contributed by atoms with Crippen LogP contribution < -0.4 is 15.0 Å². The number of Topliss-reactive ketones (excluding diaryl/α,β-unsaturated/α-hetero) is 1. The molecule has 2 amide bonds. The summed E-state index contributed by atoms with van der Waals surface area (Å²) in [5.74, 6) is 0.401. The van der Waals surface area contributed by atoms with Crippen LogP contribution in [-0.2, 0) is 16.1 Å². The number of ketones is 1. The van der Waals surface area contributed by atoms with E-state index in [1.165, 1.54) is 11.2 Å². The Balaban J connectivity index is 1.75. The van der Waals surface area contributed by atoms with Gasteiger partial charge in [-0.3, -0.25) is 19.3 Å². The lowest BCUT2D eigenvalue weighted by molar-refractivity contribution is -0.125. The van der Waals surface area contributed by atoms with Crippen molar-refractivity contribution in [2.75, 3.05) is 18.1 Å². The van der Waals surface area contributed by atoms with Crippen LogP contribution in [0.25, 0.3) is 0 Å². The molecule has 0 saturated carbocycles. The second kappa shape index (κ2) is 7.21. The van der Waals surface area contributed by atoms with Gasteiger partial charge in [0.1, 0.15) is 18.1 Å². The van der Waals surface area contributed by atoms with Crippen molar-refractivity contribution in [1.29, 1.82) is 0 Å². The summed E-state index contributed by atoms with van der Waals surface area (Å²) in [4.78, 5) is 37.6. The van der Waals surface area contributed by atoms with E-state index < -0.39 is 0 Å². The van der Waals surface area contributed by atoms with Gasteiger partial charge in [-0.05, 0) is 30.3 Å². The number of hydrogen-bond donors (Lipinski definition) is 1. The molecule has 0 saturated heterocycles. The van der Waals surface area contributed by atoms with Crippen LogP contribution in [0.3, 0.4) is 0 Å². The van der Waals surface area contributed by atoms with Crippen LogP contribution in [0, 0.1) is 0 Å². The van der Waals surface area contributed by atoms with Gasteiger partial charge in [-0.2, -0.15) is 0 Å². The van der Waals surface area contributed by atoms with Crippen molar-refractivity contribution < 1.29 is 23.5 Å². The summed E-state index contributed by atoms with van der Waals surface area (Å²) in [6.07, 6.45) is 1.88. The van der Waals surface area contributed by atoms with Gasteiger partial charge >= 0.3 is 0 Å². The van der Waals surface area contributed by atoms with Crippen LogP contribution in [0.2, 0.25) is 0 Å². The third-order valence-corrected chi connectivity index (χ3v) is 3.89. The molecular weight excluding hydrogens is 324 g/mol. The molecule has 0 radical (unpaired) electrons. The van der Waals surface area contributed by atoms with Crippen molar-refractivity contribution in [3.8, 4) is 5.75 Å². The maximum absolute atomic E-state index is 12.2. The van der Waals surface area contributed by atoms with E-state index in [-0.39, 0.29) is 37.3 Å². The number of carbonyl (C=O) groups excluding carboxylic acids is 3. The van der Waals surface area contributed by atoms with Crippen LogP contribution in [0.15, 0.2) is 41.0 Å². The van der Waals surface area contributed by atoms with Crippen LogP contribution in [0.1, 0.15) is 29.5 Å². The van der Waals surface area contributed by atoms with Crippen LogP contribution >= 0.6 is 0 Å². The smallest absolute Gasteiger partial charge is 0.265 e. The highest BCUT2D eigenvalue weighted by atomic mass is 16.5. The standard InChI is InChI=1S/C18H18N2O5/c1-2-15(21)12-5-6-16-14(8-12)20(18(23)11-25-16)10-17(22)19-9-13-4-3-7-24-13/h3-8H,2,9-11H2,1H3,(H,19,22). The van der Waals surface area contributed by atoms with Gasteiger partial charge in [-0.15, -0.1) is 0 Å². The van der Waals surface area contributed by atoms with E-state index in [1.54, 1.807) is 37.3 Å². The zero-order chi connectivity index (χ0) is 17.8. The molecule has 1 aromatic heterocycles. The molecule has 0 fully saturated rings. The van der Waals surface area contributed by atoms with Crippen molar-refractivity contribution in [1.82, 2.24) is 5.32 Å². The monoisotopic (exact) mass is 342 g/mol. The molecule has 25 heavy (non-hydrogen) atoms. The first-order valence-electron chi connectivity index (χ1n) is 7.98. The number of ether oxygens (including phenoxy) is 1. The fourth-order valence-corrected chi connectivity index (χ4v) is 2.55. The molecule has 1 N–H and O–H groups in total. The summed E-state index contributed by atoms with van der Waals surface area (Å²) < 4.78 is 10.5. The van der Waals surface area contributed by atoms with E-state index in [1.807, 2.05) is 0 Å². The van der Waals surface area contributed by atoms with Gasteiger partial charge in [0.2, 0.25) is 5.91 Å². The number of hydrogen-bond acceptors (Lipinski definition) is 5. The Morgan fingerprint density at radius 3 is 2.84 bits per heavy atom. The van der Waals surface area contributed by atoms with E-state index in [2.05, 4.69) is 5.32 Å². The highest BCUT2D eigenvalue weighted by Crippen LogP contribution is 2.33. The van der Waals surface area contributed by atoms with E-state index in [9.17, 15) is 14.4 Å². The Hall–Kier alpha value is -3.09. The second-order valence-electron chi connectivity index (χ2n) is 5.58. The van der Waals surface area contributed by atoms with E-state index in [4.69, 9.17) is 9.15 Å². The molecular formula is C18H18N2O5. The third-order valence-electron chi connectivity index (χ3n) is 3.89. The topological polar surface area (TPSA) is 88.9 Å². The van der Waals surface area contributed by atoms with Gasteiger partial charge in [0.05, 0.1) is 18.5 Å². The SMILES string of the molecule is CCC(=O)c1ccc2c(c1)N(CC(=O)NCc1ccco1)C(=O)CO2. The molecule has 7 heteroatoms. The van der Waals surface area contributed by atoms with Crippen molar-refractivity contribution in [3.63, 3.8) is 0 Å². The molecule has 1 aliphatic heterocycles. The summed E-state index contributed by atoms with van der Waals surface area (Å²) in [5.41, 5.74) is 0.921. The second-order valence-corrected chi connectivity index (χ2v) is 5.58. The van der Waals surface area contributed by atoms with Gasteiger partial charge in [-0.1, -0.05) is 6.92 Å². The summed E-state index contributed by atoms with van der Waals surface area (Å²) in [6, 6.07) is 8.39. The molecule has 7 nitrogen and oxygen atoms in total. The van der Waals surface area contributed by atoms with E-state index >= 15 is 0 Å². The highest BCUT2D eigenvalue weighted by Gasteiger charge is 2.28. The van der Waals surface area contributed by atoms with Gasteiger partial charge in [0.15, 0.2) is 12.4 Å². The van der Waals surface area contributed by atoms with Gasteiger partial charge in [0.25, 0.3) is 5.91 Å². The van der Waals surface area contributed by atoms with Crippen molar-refractivity contribution in [2.24, 2.45) is 0 Å². The van der Waals surface area contributed by atoms with Gasteiger partial charge in [-0.25, -0.2) is 0 Å². The Morgan fingerprint density at radius 2 is 2.12 bits per heavy atom. The maximum Gasteiger partial charge on any atom is 0.265 e. The zero-order valence-electron chi connectivity index (χ0n) is 13.8. The molecule has 1 aliphatic rings. The molecule has 0 unspecified atom stereocenters. The predicted octanol–water partition coefficient (Wildman–Crippen LogP) is 1.91. The quantitative estimate of drug-likeness (QED) is 0.810. The average Bonchev–Trinajstić information content (AvgIpc) is 3.15. The minimum atomic E-state index is -0.332.